The average molecular weight is 346 g/mol. The number of carbonyl (C=O) groups excluding carboxylic acids is 3. The van der Waals surface area contributed by atoms with Crippen LogP contribution in [0.5, 0.6) is 0 Å². The molecule has 1 saturated heterocycles. The van der Waals surface area contributed by atoms with Gasteiger partial charge in [-0.1, -0.05) is 19.1 Å². The van der Waals surface area contributed by atoms with E-state index < -0.39 is 0 Å². The van der Waals surface area contributed by atoms with E-state index in [1.807, 2.05) is 26.0 Å². The first-order chi connectivity index (χ1) is 12.0. The van der Waals surface area contributed by atoms with Crippen LogP contribution in [0.25, 0.3) is 0 Å². The molecule has 7 nitrogen and oxygen atoms in total. The summed E-state index contributed by atoms with van der Waals surface area (Å²) in [6.45, 7) is 5.69. The van der Waals surface area contributed by atoms with Crippen LogP contribution in [-0.4, -0.2) is 48.4 Å². The van der Waals surface area contributed by atoms with E-state index in [1.165, 1.54) is 0 Å². The Bertz CT molecular complexity index is 633. The van der Waals surface area contributed by atoms with Crippen LogP contribution in [0.2, 0.25) is 0 Å². The molecule has 1 aliphatic heterocycles. The summed E-state index contributed by atoms with van der Waals surface area (Å²) in [5, 5.41) is 8.51. The van der Waals surface area contributed by atoms with Gasteiger partial charge in [0, 0.05) is 44.2 Å². The lowest BCUT2D eigenvalue weighted by Gasteiger charge is -2.20. The molecule has 2 rings (SSSR count). The Labute approximate surface area is 148 Å². The van der Waals surface area contributed by atoms with Crippen molar-refractivity contribution in [3.63, 3.8) is 0 Å². The Hall–Kier alpha value is -2.57. The summed E-state index contributed by atoms with van der Waals surface area (Å²) in [6, 6.07) is 7.14. The molecule has 7 heteroatoms. The number of nitrogens with one attached hydrogen (secondary N) is 3. The van der Waals surface area contributed by atoms with E-state index in [4.69, 9.17) is 0 Å². The molecule has 1 aromatic carbocycles. The van der Waals surface area contributed by atoms with Gasteiger partial charge in [0.1, 0.15) is 0 Å². The molecular weight excluding hydrogens is 320 g/mol. The fourth-order valence-electron chi connectivity index (χ4n) is 2.49. The quantitative estimate of drug-likeness (QED) is 0.749. The minimum absolute atomic E-state index is 0.0321. The number of urea groups is 1. The molecule has 0 radical (unpaired) electrons. The lowest BCUT2D eigenvalue weighted by molar-refractivity contribution is -0.120. The van der Waals surface area contributed by atoms with Gasteiger partial charge in [-0.15, -0.1) is 0 Å². The number of hydrogen-bond acceptors (Lipinski definition) is 3. The summed E-state index contributed by atoms with van der Waals surface area (Å²) in [5.74, 6) is -0.144. The monoisotopic (exact) mass is 346 g/mol. The minimum Gasteiger partial charge on any atom is -0.354 e. The van der Waals surface area contributed by atoms with Crippen LogP contribution in [0.1, 0.15) is 42.6 Å². The Morgan fingerprint density at radius 3 is 2.88 bits per heavy atom. The highest BCUT2D eigenvalue weighted by atomic mass is 16.2. The van der Waals surface area contributed by atoms with Crippen molar-refractivity contribution in [2.75, 3.05) is 19.6 Å². The third kappa shape index (κ3) is 5.77. The summed E-state index contributed by atoms with van der Waals surface area (Å²) in [7, 11) is 0. The van der Waals surface area contributed by atoms with E-state index in [0.29, 0.717) is 38.2 Å². The molecule has 1 aliphatic rings. The van der Waals surface area contributed by atoms with Crippen molar-refractivity contribution in [2.24, 2.45) is 0 Å². The molecule has 1 aromatic rings. The van der Waals surface area contributed by atoms with Gasteiger partial charge in [0.2, 0.25) is 5.91 Å². The maximum absolute atomic E-state index is 12.2. The van der Waals surface area contributed by atoms with Crippen LogP contribution in [0.4, 0.5) is 4.79 Å². The Morgan fingerprint density at radius 2 is 2.12 bits per heavy atom. The van der Waals surface area contributed by atoms with Crippen molar-refractivity contribution in [1.82, 2.24) is 20.9 Å². The molecule has 1 fully saturated rings. The topological polar surface area (TPSA) is 90.5 Å². The molecule has 25 heavy (non-hydrogen) atoms. The predicted molar refractivity (Wildman–Crippen MR) is 95.1 cm³/mol. The van der Waals surface area contributed by atoms with Crippen LogP contribution in [-0.2, 0) is 11.3 Å². The second-order valence-electron chi connectivity index (χ2n) is 6.23. The number of rotatable bonds is 5. The van der Waals surface area contributed by atoms with Crippen LogP contribution < -0.4 is 16.0 Å². The van der Waals surface area contributed by atoms with Gasteiger partial charge in [-0.25, -0.2) is 4.79 Å². The molecule has 0 aromatic heterocycles. The number of hydrogen-bond donors (Lipinski definition) is 3. The standard InChI is InChI=1S/C18H26N4O3/c1-3-13(2)21-17(24)15-6-4-5-14(11-15)12-20-18(25)22-9-7-16(23)19-8-10-22/h4-6,11,13H,3,7-10,12H2,1-2H3,(H,19,23)(H,20,25)(H,21,24)/t13-/m1/s1. The lowest BCUT2D eigenvalue weighted by atomic mass is 10.1. The number of nitrogens with zero attached hydrogens (tertiary/aromatic N) is 1. The third-order valence-corrected chi connectivity index (χ3v) is 4.22. The average Bonchev–Trinajstić information content (AvgIpc) is 2.84. The molecular formula is C18H26N4O3. The first kappa shape index (κ1) is 18.8. The van der Waals surface area contributed by atoms with Crippen LogP contribution >= 0.6 is 0 Å². The van der Waals surface area contributed by atoms with E-state index >= 15 is 0 Å². The third-order valence-electron chi connectivity index (χ3n) is 4.22. The van der Waals surface area contributed by atoms with Crippen LogP contribution in [0.15, 0.2) is 24.3 Å². The summed E-state index contributed by atoms with van der Waals surface area (Å²) in [5.41, 5.74) is 1.44. The Morgan fingerprint density at radius 1 is 1.32 bits per heavy atom. The van der Waals surface area contributed by atoms with Gasteiger partial charge in [0.25, 0.3) is 5.91 Å². The van der Waals surface area contributed by atoms with Gasteiger partial charge in [0.05, 0.1) is 0 Å². The fraction of sp³-hybridized carbons (Fsp3) is 0.500. The largest absolute Gasteiger partial charge is 0.354 e. The second-order valence-corrected chi connectivity index (χ2v) is 6.23. The van der Waals surface area contributed by atoms with Gasteiger partial charge in [-0.2, -0.15) is 0 Å². The number of amides is 4. The van der Waals surface area contributed by atoms with Crippen molar-refractivity contribution >= 4 is 17.8 Å². The van der Waals surface area contributed by atoms with Crippen molar-refractivity contribution in [1.29, 1.82) is 0 Å². The van der Waals surface area contributed by atoms with Crippen molar-refractivity contribution in [2.45, 2.75) is 39.3 Å². The number of carbonyl (C=O) groups is 3. The van der Waals surface area contributed by atoms with Crippen LogP contribution in [0, 0.1) is 0 Å². The smallest absolute Gasteiger partial charge is 0.317 e. The zero-order valence-electron chi connectivity index (χ0n) is 14.8. The normalized spacial score (nSPS) is 15.8. The fourth-order valence-corrected chi connectivity index (χ4v) is 2.49. The van der Waals surface area contributed by atoms with Crippen molar-refractivity contribution in [3.05, 3.63) is 35.4 Å². The molecule has 0 saturated carbocycles. The molecule has 0 unspecified atom stereocenters. The first-order valence-electron chi connectivity index (χ1n) is 8.69. The Balaban J connectivity index is 1.90. The summed E-state index contributed by atoms with van der Waals surface area (Å²) in [4.78, 5) is 37.4. The maximum atomic E-state index is 12.2. The molecule has 0 bridgehead atoms. The van der Waals surface area contributed by atoms with Gasteiger partial charge in [0.15, 0.2) is 0 Å². The predicted octanol–water partition coefficient (Wildman–Crippen LogP) is 1.25. The molecule has 0 spiro atoms. The number of benzene rings is 1. The highest BCUT2D eigenvalue weighted by Gasteiger charge is 2.18. The van der Waals surface area contributed by atoms with Gasteiger partial charge in [-0.3, -0.25) is 9.59 Å². The molecule has 3 N–H and O–H groups in total. The zero-order chi connectivity index (χ0) is 18.2. The van der Waals surface area contributed by atoms with E-state index in [2.05, 4.69) is 16.0 Å². The van der Waals surface area contributed by atoms with E-state index in [9.17, 15) is 14.4 Å². The zero-order valence-corrected chi connectivity index (χ0v) is 14.8. The minimum atomic E-state index is -0.203. The summed E-state index contributed by atoms with van der Waals surface area (Å²) in [6.07, 6.45) is 1.19. The van der Waals surface area contributed by atoms with E-state index in [1.54, 1.807) is 17.0 Å². The van der Waals surface area contributed by atoms with E-state index in [0.717, 1.165) is 12.0 Å². The van der Waals surface area contributed by atoms with Gasteiger partial charge in [-0.05, 0) is 31.0 Å². The molecule has 1 heterocycles. The van der Waals surface area contributed by atoms with Gasteiger partial charge >= 0.3 is 6.03 Å². The summed E-state index contributed by atoms with van der Waals surface area (Å²) >= 11 is 0. The lowest BCUT2D eigenvalue weighted by Crippen LogP contribution is -2.41. The molecule has 136 valence electrons. The summed E-state index contributed by atoms with van der Waals surface area (Å²) < 4.78 is 0. The highest BCUT2D eigenvalue weighted by molar-refractivity contribution is 5.94. The first-order valence-corrected chi connectivity index (χ1v) is 8.69. The second kappa shape index (κ2) is 9.05. The molecule has 4 amide bonds. The van der Waals surface area contributed by atoms with E-state index in [-0.39, 0.29) is 23.9 Å². The van der Waals surface area contributed by atoms with Crippen molar-refractivity contribution in [3.8, 4) is 0 Å². The van der Waals surface area contributed by atoms with Crippen molar-refractivity contribution < 1.29 is 14.4 Å². The maximum Gasteiger partial charge on any atom is 0.317 e. The highest BCUT2D eigenvalue weighted by Crippen LogP contribution is 2.07. The molecule has 0 aliphatic carbocycles. The molecule has 1 atom stereocenters. The van der Waals surface area contributed by atoms with Gasteiger partial charge < -0.3 is 20.9 Å². The Kier molecular flexibility index (Phi) is 6.80. The van der Waals surface area contributed by atoms with Crippen LogP contribution in [0.3, 0.4) is 0 Å². The SMILES string of the molecule is CC[C@@H](C)NC(=O)c1cccc(CNC(=O)N2CCNC(=O)CC2)c1.